The van der Waals surface area contributed by atoms with Gasteiger partial charge in [0.2, 0.25) is 5.91 Å². The summed E-state index contributed by atoms with van der Waals surface area (Å²) >= 11 is 0. The Balaban J connectivity index is 1.66. The number of ether oxygens (including phenoxy) is 1. The van der Waals surface area contributed by atoms with Crippen LogP contribution in [0.2, 0.25) is 0 Å². The number of nitrogens with two attached hydrogens (primary N) is 1. The van der Waals surface area contributed by atoms with E-state index in [1.165, 1.54) is 10.5 Å². The van der Waals surface area contributed by atoms with Crippen molar-refractivity contribution >= 4 is 5.91 Å². The molecule has 0 bridgehead atoms. The molecule has 3 N–H and O–H groups in total. The molecular weight excluding hydrogens is 288 g/mol. The van der Waals surface area contributed by atoms with Crippen molar-refractivity contribution in [1.29, 1.82) is 0 Å². The summed E-state index contributed by atoms with van der Waals surface area (Å²) in [6, 6.07) is 18.0. The summed E-state index contributed by atoms with van der Waals surface area (Å²) < 4.78 is 6.02. The Bertz CT molecular complexity index is 649. The zero-order chi connectivity index (χ0) is 16.1. The molecule has 4 heteroatoms. The summed E-state index contributed by atoms with van der Waals surface area (Å²) in [5.74, 6) is 1.65. The van der Waals surface area contributed by atoms with Crippen LogP contribution in [-0.4, -0.2) is 19.0 Å². The fourth-order valence-corrected chi connectivity index (χ4v) is 3.12. The number of para-hydroxylation sites is 2. The molecule has 0 atom stereocenters. The second-order valence-corrected chi connectivity index (χ2v) is 6.13. The highest BCUT2D eigenvalue weighted by molar-refractivity contribution is 5.76. The van der Waals surface area contributed by atoms with Crippen LogP contribution in [0.3, 0.4) is 0 Å². The average Bonchev–Trinajstić information content (AvgIpc) is 2.58. The quantitative estimate of drug-likeness (QED) is 0.884. The number of hydrogen-bond donors (Lipinski definition) is 2. The van der Waals surface area contributed by atoms with E-state index in [9.17, 15) is 4.79 Å². The maximum absolute atomic E-state index is 11.3. The van der Waals surface area contributed by atoms with Crippen molar-refractivity contribution in [3.63, 3.8) is 0 Å². The number of amides is 1. The van der Waals surface area contributed by atoms with E-state index in [1.807, 2.05) is 48.5 Å². The van der Waals surface area contributed by atoms with Gasteiger partial charge in [0.25, 0.3) is 0 Å². The summed E-state index contributed by atoms with van der Waals surface area (Å²) in [5.41, 5.74) is 6.61. The molecular formula is C19H23N2O2+. The van der Waals surface area contributed by atoms with Gasteiger partial charge in [-0.1, -0.05) is 30.3 Å². The monoisotopic (exact) mass is 311 g/mol. The molecule has 1 fully saturated rings. The van der Waals surface area contributed by atoms with Gasteiger partial charge in [-0.3, -0.25) is 4.79 Å². The van der Waals surface area contributed by atoms with Crippen LogP contribution >= 0.6 is 0 Å². The second-order valence-electron chi connectivity index (χ2n) is 6.13. The summed E-state index contributed by atoms with van der Waals surface area (Å²) in [6.45, 7) is 2.87. The number of rotatable bonds is 5. The van der Waals surface area contributed by atoms with Gasteiger partial charge in [-0.2, -0.15) is 0 Å². The minimum atomic E-state index is -0.156. The first-order valence-electron chi connectivity index (χ1n) is 8.16. The number of primary amides is 1. The van der Waals surface area contributed by atoms with Crippen molar-refractivity contribution in [2.45, 2.75) is 19.4 Å². The third-order valence-corrected chi connectivity index (χ3v) is 4.48. The first-order chi connectivity index (χ1) is 11.2. The van der Waals surface area contributed by atoms with Crippen LogP contribution in [0.5, 0.6) is 11.5 Å². The van der Waals surface area contributed by atoms with Crippen LogP contribution in [-0.2, 0) is 11.3 Å². The van der Waals surface area contributed by atoms with Gasteiger partial charge in [-0.05, 0) is 24.3 Å². The van der Waals surface area contributed by atoms with E-state index in [1.54, 1.807) is 0 Å². The van der Waals surface area contributed by atoms with Gasteiger partial charge in [-0.25, -0.2) is 0 Å². The van der Waals surface area contributed by atoms with Crippen LogP contribution in [0.1, 0.15) is 18.4 Å². The summed E-state index contributed by atoms with van der Waals surface area (Å²) in [7, 11) is 0. The zero-order valence-electron chi connectivity index (χ0n) is 13.2. The number of quaternary nitrogens is 1. The molecule has 2 aromatic rings. The third kappa shape index (κ3) is 4.11. The molecule has 1 aliphatic rings. The van der Waals surface area contributed by atoms with Crippen molar-refractivity contribution in [3.8, 4) is 11.5 Å². The molecule has 0 aromatic heterocycles. The lowest BCUT2D eigenvalue weighted by Gasteiger charge is -2.28. The number of carbonyl (C=O) groups is 1. The Labute approximate surface area is 136 Å². The lowest BCUT2D eigenvalue weighted by atomic mass is 9.96. The second kappa shape index (κ2) is 7.29. The molecule has 1 heterocycles. The number of likely N-dealkylation sites (tertiary alicyclic amines) is 1. The van der Waals surface area contributed by atoms with Crippen molar-refractivity contribution in [2.24, 2.45) is 11.7 Å². The number of piperidine rings is 1. The highest BCUT2D eigenvalue weighted by Crippen LogP contribution is 2.24. The van der Waals surface area contributed by atoms with Crippen LogP contribution in [0, 0.1) is 5.92 Å². The smallest absolute Gasteiger partial charge is 0.220 e. The molecule has 4 nitrogen and oxygen atoms in total. The molecule has 1 amide bonds. The first kappa shape index (κ1) is 15.6. The Morgan fingerprint density at radius 2 is 1.70 bits per heavy atom. The SMILES string of the molecule is NC(=O)C1CC[NH+](Cc2ccccc2Oc2ccccc2)CC1. The highest BCUT2D eigenvalue weighted by atomic mass is 16.5. The topological polar surface area (TPSA) is 56.8 Å². The van der Waals surface area contributed by atoms with E-state index < -0.39 is 0 Å². The van der Waals surface area contributed by atoms with Gasteiger partial charge in [-0.15, -0.1) is 0 Å². The Hall–Kier alpha value is -2.33. The molecule has 3 rings (SSSR count). The molecule has 0 spiro atoms. The predicted octanol–water partition coefficient (Wildman–Crippen LogP) is 1.76. The molecule has 120 valence electrons. The van der Waals surface area contributed by atoms with E-state index in [0.29, 0.717) is 0 Å². The molecule has 0 unspecified atom stereocenters. The zero-order valence-corrected chi connectivity index (χ0v) is 13.2. The van der Waals surface area contributed by atoms with E-state index >= 15 is 0 Å². The molecule has 0 saturated carbocycles. The maximum atomic E-state index is 11.3. The fourth-order valence-electron chi connectivity index (χ4n) is 3.12. The van der Waals surface area contributed by atoms with Gasteiger partial charge < -0.3 is 15.4 Å². The number of hydrogen-bond acceptors (Lipinski definition) is 2. The largest absolute Gasteiger partial charge is 0.457 e. The number of carbonyl (C=O) groups excluding carboxylic acids is 1. The normalized spacial score (nSPS) is 20.9. The van der Waals surface area contributed by atoms with Crippen LogP contribution < -0.4 is 15.4 Å². The first-order valence-corrected chi connectivity index (χ1v) is 8.16. The van der Waals surface area contributed by atoms with Gasteiger partial charge in [0.1, 0.15) is 18.0 Å². The van der Waals surface area contributed by atoms with Gasteiger partial charge in [0.05, 0.1) is 13.1 Å². The number of nitrogens with one attached hydrogen (secondary N) is 1. The van der Waals surface area contributed by atoms with Gasteiger partial charge in [0, 0.05) is 24.3 Å². The van der Waals surface area contributed by atoms with Crippen molar-refractivity contribution in [3.05, 3.63) is 60.2 Å². The van der Waals surface area contributed by atoms with Crippen LogP contribution in [0.15, 0.2) is 54.6 Å². The molecule has 0 aliphatic carbocycles. The minimum absolute atomic E-state index is 0.0505. The van der Waals surface area contributed by atoms with Crippen molar-refractivity contribution in [1.82, 2.24) is 0 Å². The Morgan fingerprint density at radius 1 is 1.04 bits per heavy atom. The summed E-state index contributed by atoms with van der Waals surface area (Å²) in [5, 5.41) is 0. The molecule has 23 heavy (non-hydrogen) atoms. The summed E-state index contributed by atoms with van der Waals surface area (Å²) in [4.78, 5) is 12.7. The van der Waals surface area contributed by atoms with E-state index in [4.69, 9.17) is 10.5 Å². The molecule has 1 aliphatic heterocycles. The Morgan fingerprint density at radius 3 is 2.39 bits per heavy atom. The minimum Gasteiger partial charge on any atom is -0.457 e. The molecule has 2 aromatic carbocycles. The van der Waals surface area contributed by atoms with E-state index in [0.717, 1.165) is 44.0 Å². The maximum Gasteiger partial charge on any atom is 0.220 e. The average molecular weight is 311 g/mol. The van der Waals surface area contributed by atoms with Gasteiger partial charge in [0.15, 0.2) is 0 Å². The van der Waals surface area contributed by atoms with Crippen molar-refractivity contribution in [2.75, 3.05) is 13.1 Å². The van der Waals surface area contributed by atoms with E-state index in [2.05, 4.69) is 6.07 Å². The molecule has 1 saturated heterocycles. The lowest BCUT2D eigenvalue weighted by molar-refractivity contribution is -0.919. The van der Waals surface area contributed by atoms with Crippen LogP contribution in [0.4, 0.5) is 0 Å². The Kier molecular flexibility index (Phi) is 4.93. The lowest BCUT2D eigenvalue weighted by Crippen LogP contribution is -3.11. The number of benzene rings is 2. The highest BCUT2D eigenvalue weighted by Gasteiger charge is 2.26. The standard InChI is InChI=1S/C19H22N2O2/c20-19(22)15-10-12-21(13-11-15)14-16-6-4-5-9-18(16)23-17-7-2-1-3-8-17/h1-9,15H,10-14H2,(H2,20,22)/p+1. The third-order valence-electron chi connectivity index (χ3n) is 4.48. The van der Waals surface area contributed by atoms with Crippen LogP contribution in [0.25, 0.3) is 0 Å². The predicted molar refractivity (Wildman–Crippen MR) is 89.3 cm³/mol. The molecule has 0 radical (unpaired) electrons. The summed E-state index contributed by atoms with van der Waals surface area (Å²) in [6.07, 6.45) is 1.76. The fraction of sp³-hybridized carbons (Fsp3) is 0.316. The van der Waals surface area contributed by atoms with Crippen molar-refractivity contribution < 1.29 is 14.4 Å². The van der Waals surface area contributed by atoms with E-state index in [-0.39, 0.29) is 11.8 Å². The van der Waals surface area contributed by atoms with Gasteiger partial charge >= 0.3 is 0 Å².